The van der Waals surface area contributed by atoms with Crippen LogP contribution in [0.5, 0.6) is 0 Å². The summed E-state index contributed by atoms with van der Waals surface area (Å²) >= 11 is 0. The van der Waals surface area contributed by atoms with Crippen molar-refractivity contribution in [1.29, 1.82) is 0 Å². The molecule has 2 fully saturated rings. The number of hydrogen-bond acceptors (Lipinski definition) is 4. The number of carbonyl (C=O) groups excluding carboxylic acids is 2. The van der Waals surface area contributed by atoms with E-state index in [0.29, 0.717) is 31.9 Å². The van der Waals surface area contributed by atoms with Crippen LogP contribution in [-0.4, -0.2) is 54.6 Å². The van der Waals surface area contributed by atoms with E-state index in [1.54, 1.807) is 0 Å². The summed E-state index contributed by atoms with van der Waals surface area (Å²) in [6.45, 7) is 7.81. The molecule has 0 unspecified atom stereocenters. The van der Waals surface area contributed by atoms with Gasteiger partial charge in [-0.3, -0.25) is 14.5 Å². The number of benzene rings is 2. The Hall–Kier alpha value is -2.40. The molecule has 2 atom stereocenters. The average Bonchev–Trinajstić information content (AvgIpc) is 3.37. The number of ether oxygens (including phenoxy) is 1. The van der Waals surface area contributed by atoms with Gasteiger partial charge in [-0.1, -0.05) is 42.5 Å². The smallest absolute Gasteiger partial charge is 0.307 e. The number of piperidine rings is 1. The Balaban J connectivity index is 1.19. The van der Waals surface area contributed by atoms with Crippen molar-refractivity contribution in [1.82, 2.24) is 9.80 Å². The predicted molar refractivity (Wildman–Crippen MR) is 123 cm³/mol. The van der Waals surface area contributed by atoms with Gasteiger partial charge in [0.05, 0.1) is 0 Å². The lowest BCUT2D eigenvalue weighted by atomic mass is 9.93. The summed E-state index contributed by atoms with van der Waals surface area (Å²) in [4.78, 5) is 28.2. The number of amides is 1. The first-order valence-electron chi connectivity index (χ1n) is 11.7. The summed E-state index contributed by atoms with van der Waals surface area (Å²) in [6.07, 6.45) is 3.57. The Bertz CT molecular complexity index is 939. The zero-order valence-corrected chi connectivity index (χ0v) is 18.8. The summed E-state index contributed by atoms with van der Waals surface area (Å²) in [5.41, 5.74) is 1.66. The second kappa shape index (κ2) is 9.39. The quantitative estimate of drug-likeness (QED) is 0.422. The van der Waals surface area contributed by atoms with Gasteiger partial charge in [-0.2, -0.15) is 0 Å². The van der Waals surface area contributed by atoms with Crippen molar-refractivity contribution >= 4 is 22.6 Å². The molecule has 2 aromatic rings. The molecule has 1 aliphatic heterocycles. The van der Waals surface area contributed by atoms with Gasteiger partial charge < -0.3 is 9.64 Å². The molecule has 0 spiro atoms. The van der Waals surface area contributed by atoms with Crippen molar-refractivity contribution in [3.63, 3.8) is 0 Å². The van der Waals surface area contributed by atoms with E-state index >= 15 is 0 Å². The number of hydrogen-bond donors (Lipinski definition) is 0. The molecule has 0 N–H and O–H groups in total. The van der Waals surface area contributed by atoms with E-state index in [1.165, 1.54) is 22.8 Å². The van der Waals surface area contributed by atoms with Crippen LogP contribution >= 0.6 is 0 Å². The Kier molecular flexibility index (Phi) is 6.61. The van der Waals surface area contributed by atoms with Gasteiger partial charge in [0.1, 0.15) is 6.73 Å². The van der Waals surface area contributed by atoms with Crippen LogP contribution in [0.3, 0.4) is 0 Å². The van der Waals surface area contributed by atoms with Gasteiger partial charge in [-0.25, -0.2) is 0 Å². The largest absolute Gasteiger partial charge is 0.449 e. The normalized spacial score (nSPS) is 22.3. The number of rotatable bonds is 10. The van der Waals surface area contributed by atoms with Crippen LogP contribution in [0, 0.1) is 5.92 Å². The minimum Gasteiger partial charge on any atom is -0.449 e. The van der Waals surface area contributed by atoms with Crippen LogP contribution in [0.1, 0.15) is 51.5 Å². The average molecular weight is 423 g/mol. The van der Waals surface area contributed by atoms with Gasteiger partial charge in [0.2, 0.25) is 5.91 Å². The highest BCUT2D eigenvalue weighted by molar-refractivity contribution is 5.83. The molecule has 1 heterocycles. The van der Waals surface area contributed by atoms with Gasteiger partial charge in [0.25, 0.3) is 0 Å². The van der Waals surface area contributed by atoms with Crippen LogP contribution in [0.2, 0.25) is 0 Å². The summed E-state index contributed by atoms with van der Waals surface area (Å²) < 4.78 is 5.53. The standard InChI is InChI=1S/C26H34N2O3/c1-3-28(4-2)24(29)11-7-8-12-25(30)31-19-27-17-23-16-26(23,18-27)22-14-13-20-9-5-6-10-21(20)15-22/h5-6,9-10,13-15,23H,3-4,7-8,11-12,16-19H2,1-2H3/t23-,26+/m1/s1. The Morgan fingerprint density at radius 1 is 1.06 bits per heavy atom. The van der Waals surface area contributed by atoms with Crippen LogP contribution in [0.25, 0.3) is 10.8 Å². The zero-order chi connectivity index (χ0) is 21.8. The summed E-state index contributed by atoms with van der Waals surface area (Å²) in [6, 6.07) is 15.3. The lowest BCUT2D eigenvalue weighted by Gasteiger charge is -2.21. The fourth-order valence-corrected chi connectivity index (χ4v) is 5.15. The third-order valence-electron chi connectivity index (χ3n) is 7.09. The summed E-state index contributed by atoms with van der Waals surface area (Å²) in [7, 11) is 0. The molecule has 5 nitrogen and oxygen atoms in total. The first-order valence-corrected chi connectivity index (χ1v) is 11.7. The molecule has 0 aromatic heterocycles. The number of nitrogens with zero attached hydrogens (tertiary/aromatic N) is 2. The second-order valence-corrected chi connectivity index (χ2v) is 9.05. The van der Waals surface area contributed by atoms with Gasteiger partial charge in [0.15, 0.2) is 0 Å². The lowest BCUT2D eigenvalue weighted by Crippen LogP contribution is -2.30. The maximum Gasteiger partial charge on any atom is 0.307 e. The third kappa shape index (κ3) is 4.77. The van der Waals surface area contributed by atoms with E-state index < -0.39 is 0 Å². The molecule has 1 aliphatic carbocycles. The minimum atomic E-state index is -0.157. The molecule has 0 radical (unpaired) electrons. The van der Waals surface area contributed by atoms with Crippen LogP contribution < -0.4 is 0 Å². The van der Waals surface area contributed by atoms with E-state index in [2.05, 4.69) is 47.4 Å². The van der Waals surface area contributed by atoms with Crippen molar-refractivity contribution in [3.05, 3.63) is 48.0 Å². The molecule has 2 aromatic carbocycles. The molecule has 31 heavy (non-hydrogen) atoms. The predicted octanol–water partition coefficient (Wildman–Crippen LogP) is 4.34. The van der Waals surface area contributed by atoms with Crippen molar-refractivity contribution in [2.24, 2.45) is 5.92 Å². The van der Waals surface area contributed by atoms with Crippen LogP contribution in [-0.2, 0) is 19.7 Å². The van der Waals surface area contributed by atoms with Crippen LogP contribution in [0.4, 0.5) is 0 Å². The molecule has 2 aliphatic rings. The van der Waals surface area contributed by atoms with Crippen molar-refractivity contribution in [2.75, 3.05) is 32.9 Å². The molecule has 0 bridgehead atoms. The fraction of sp³-hybridized carbons (Fsp3) is 0.538. The summed E-state index contributed by atoms with van der Waals surface area (Å²) in [5, 5.41) is 2.58. The summed E-state index contributed by atoms with van der Waals surface area (Å²) in [5.74, 6) is 0.683. The van der Waals surface area contributed by atoms with Gasteiger partial charge >= 0.3 is 5.97 Å². The monoisotopic (exact) mass is 422 g/mol. The van der Waals surface area contributed by atoms with E-state index in [-0.39, 0.29) is 17.3 Å². The molecule has 4 rings (SSSR count). The van der Waals surface area contributed by atoms with Gasteiger partial charge in [-0.05, 0) is 55.4 Å². The Labute approximate surface area is 185 Å². The van der Waals surface area contributed by atoms with Crippen LogP contribution in [0.15, 0.2) is 42.5 Å². The molecule has 1 amide bonds. The molecule has 166 valence electrons. The highest BCUT2D eigenvalue weighted by atomic mass is 16.5. The first-order chi connectivity index (χ1) is 15.1. The van der Waals surface area contributed by atoms with Gasteiger partial charge in [0, 0.05) is 44.4 Å². The van der Waals surface area contributed by atoms with Crippen molar-refractivity contribution in [3.8, 4) is 0 Å². The molecular weight excluding hydrogens is 388 g/mol. The number of unbranched alkanes of at least 4 members (excludes halogenated alkanes) is 1. The number of likely N-dealkylation sites (tertiary alicyclic amines) is 1. The fourth-order valence-electron chi connectivity index (χ4n) is 5.15. The molecule has 1 saturated carbocycles. The highest BCUT2D eigenvalue weighted by Gasteiger charge is 2.60. The van der Waals surface area contributed by atoms with Crippen molar-refractivity contribution in [2.45, 2.75) is 51.4 Å². The molecule has 5 heteroatoms. The van der Waals surface area contributed by atoms with E-state index in [9.17, 15) is 9.59 Å². The Morgan fingerprint density at radius 2 is 1.81 bits per heavy atom. The van der Waals surface area contributed by atoms with E-state index in [0.717, 1.165) is 32.6 Å². The minimum absolute atomic E-state index is 0.157. The van der Waals surface area contributed by atoms with Crippen molar-refractivity contribution < 1.29 is 14.3 Å². The maximum absolute atomic E-state index is 12.1. The highest BCUT2D eigenvalue weighted by Crippen LogP contribution is 2.59. The SMILES string of the molecule is CCN(CC)C(=O)CCCCC(=O)OCN1C[C@H]2C[C@@]2(c2ccc3ccccc3c2)C1. The number of carbonyl (C=O) groups is 2. The topological polar surface area (TPSA) is 49.9 Å². The lowest BCUT2D eigenvalue weighted by molar-refractivity contribution is -0.148. The van der Waals surface area contributed by atoms with E-state index in [4.69, 9.17) is 4.74 Å². The maximum atomic E-state index is 12.1. The molecule has 1 saturated heterocycles. The second-order valence-electron chi connectivity index (χ2n) is 9.05. The van der Waals surface area contributed by atoms with E-state index in [1.807, 2.05) is 18.7 Å². The van der Waals surface area contributed by atoms with Gasteiger partial charge in [-0.15, -0.1) is 0 Å². The number of esters is 1. The Morgan fingerprint density at radius 3 is 2.58 bits per heavy atom. The zero-order valence-electron chi connectivity index (χ0n) is 18.8. The number of fused-ring (bicyclic) bond motifs is 2. The first kappa shape index (κ1) is 21.8. The third-order valence-corrected chi connectivity index (χ3v) is 7.09. The molecular formula is C26H34N2O3.